The summed E-state index contributed by atoms with van der Waals surface area (Å²) < 4.78 is 0. The van der Waals surface area contributed by atoms with Crippen molar-refractivity contribution in [2.75, 3.05) is 28.4 Å². The fraction of sp³-hybridized carbons (Fsp3) is 0.364. The Kier molecular flexibility index (Phi) is 4.61. The predicted molar refractivity (Wildman–Crippen MR) is 117 cm³/mol. The third-order valence-corrected chi connectivity index (χ3v) is 7.66. The molecule has 3 aliphatic rings. The molecule has 7 heteroatoms. The minimum atomic E-state index is -0.927. The molecule has 0 aromatic heterocycles. The molecule has 3 aliphatic heterocycles. The van der Waals surface area contributed by atoms with Crippen molar-refractivity contribution in [3.05, 3.63) is 59.1 Å². The van der Waals surface area contributed by atoms with Crippen molar-refractivity contribution in [1.82, 2.24) is 4.90 Å². The van der Waals surface area contributed by atoms with Crippen LogP contribution < -0.4 is 10.2 Å². The van der Waals surface area contributed by atoms with Gasteiger partial charge in [-0.2, -0.15) is 0 Å². The molecule has 2 aromatic carbocycles. The Morgan fingerprint density at radius 3 is 2.90 bits per heavy atom. The summed E-state index contributed by atoms with van der Waals surface area (Å²) in [5, 5.41) is 3.59. The van der Waals surface area contributed by atoms with Crippen LogP contribution in [0.4, 0.5) is 11.4 Å². The average Bonchev–Trinajstić information content (AvgIpc) is 3.35. The molecule has 3 atom stereocenters. The molecule has 2 saturated heterocycles. The molecule has 2 aromatic rings. The number of carbonyl (C=O) groups is 2. The molecular formula is C22H22ClN3O2S. The normalized spacial score (nSPS) is 28.1. The smallest absolute Gasteiger partial charge is 0.253 e. The van der Waals surface area contributed by atoms with Crippen molar-refractivity contribution in [2.24, 2.45) is 5.92 Å². The van der Waals surface area contributed by atoms with E-state index in [1.165, 1.54) is 0 Å². The number of carbonyl (C=O) groups excluding carboxylic acids is 2. The number of fused-ring (bicyclic) bond motifs is 4. The third kappa shape index (κ3) is 2.66. The lowest BCUT2D eigenvalue weighted by Gasteiger charge is -2.36. The first-order valence-corrected chi connectivity index (χ1v) is 11.4. The zero-order chi connectivity index (χ0) is 20.2. The van der Waals surface area contributed by atoms with Gasteiger partial charge in [-0.25, -0.2) is 0 Å². The SMILES string of the molecule is CCN1C(=O)C2(c3ccccc31)C(C(=O)Nc1cccc(Cl)c1)CC1CSCN12. The molecule has 0 aliphatic carbocycles. The molecule has 5 nitrogen and oxygen atoms in total. The zero-order valence-electron chi connectivity index (χ0n) is 16.1. The topological polar surface area (TPSA) is 52.7 Å². The predicted octanol–water partition coefficient (Wildman–Crippen LogP) is 3.94. The van der Waals surface area contributed by atoms with Crippen LogP contribution >= 0.6 is 23.4 Å². The fourth-order valence-corrected chi connectivity index (χ4v) is 6.69. The second-order valence-corrected chi connectivity index (χ2v) is 9.18. The summed E-state index contributed by atoms with van der Waals surface area (Å²) >= 11 is 7.93. The number of nitrogens with zero attached hydrogens (tertiary/aromatic N) is 2. The minimum absolute atomic E-state index is 0.0254. The summed E-state index contributed by atoms with van der Waals surface area (Å²) in [6.07, 6.45) is 0.678. The van der Waals surface area contributed by atoms with Gasteiger partial charge in [-0.3, -0.25) is 14.5 Å². The van der Waals surface area contributed by atoms with Gasteiger partial charge in [0.15, 0.2) is 0 Å². The summed E-state index contributed by atoms with van der Waals surface area (Å²) in [5.74, 6) is 1.18. The van der Waals surface area contributed by atoms with Crippen molar-refractivity contribution < 1.29 is 9.59 Å². The summed E-state index contributed by atoms with van der Waals surface area (Å²) in [6, 6.07) is 15.3. The highest BCUT2D eigenvalue weighted by Gasteiger charge is 2.67. The van der Waals surface area contributed by atoms with Gasteiger partial charge in [0, 0.05) is 46.2 Å². The highest BCUT2D eigenvalue weighted by Crippen LogP contribution is 2.57. The molecule has 1 spiro atoms. The molecule has 1 N–H and O–H groups in total. The highest BCUT2D eigenvalue weighted by molar-refractivity contribution is 7.99. The van der Waals surface area contributed by atoms with E-state index in [9.17, 15) is 9.59 Å². The van der Waals surface area contributed by atoms with Crippen LogP contribution in [0.15, 0.2) is 48.5 Å². The Morgan fingerprint density at radius 1 is 1.28 bits per heavy atom. The lowest BCUT2D eigenvalue weighted by atomic mass is 9.79. The highest BCUT2D eigenvalue weighted by atomic mass is 35.5. The van der Waals surface area contributed by atoms with E-state index in [2.05, 4.69) is 10.2 Å². The average molecular weight is 428 g/mol. The molecule has 0 radical (unpaired) electrons. The number of hydrogen-bond donors (Lipinski definition) is 1. The molecule has 150 valence electrons. The van der Waals surface area contributed by atoms with E-state index in [1.54, 1.807) is 12.1 Å². The first-order valence-electron chi connectivity index (χ1n) is 9.89. The molecule has 0 bridgehead atoms. The van der Waals surface area contributed by atoms with Gasteiger partial charge in [-0.05, 0) is 37.6 Å². The van der Waals surface area contributed by atoms with Crippen LogP contribution in [0.2, 0.25) is 5.02 Å². The van der Waals surface area contributed by atoms with E-state index < -0.39 is 11.5 Å². The van der Waals surface area contributed by atoms with Gasteiger partial charge in [-0.1, -0.05) is 35.9 Å². The number of likely N-dealkylation sites (N-methyl/N-ethyl adjacent to an activating group) is 1. The van der Waals surface area contributed by atoms with Crippen LogP contribution in [0.3, 0.4) is 0 Å². The standard InChI is InChI=1S/C22H22ClN3O2S/c1-2-25-19-9-4-3-8-17(19)22(21(25)28)18(11-16-12-29-13-26(16)22)20(27)24-15-7-5-6-14(23)10-15/h3-10,16,18H,2,11-13H2,1H3,(H,24,27). The second-order valence-electron chi connectivity index (χ2n) is 7.74. The molecule has 3 heterocycles. The molecule has 29 heavy (non-hydrogen) atoms. The minimum Gasteiger partial charge on any atom is -0.326 e. The molecule has 2 fully saturated rings. The number of halogens is 1. The monoisotopic (exact) mass is 427 g/mol. The van der Waals surface area contributed by atoms with Crippen LogP contribution in [0.5, 0.6) is 0 Å². The number of para-hydroxylation sites is 1. The van der Waals surface area contributed by atoms with Gasteiger partial charge in [0.25, 0.3) is 5.91 Å². The van der Waals surface area contributed by atoms with E-state index in [-0.39, 0.29) is 17.9 Å². The van der Waals surface area contributed by atoms with Crippen molar-refractivity contribution >= 4 is 46.6 Å². The van der Waals surface area contributed by atoms with Gasteiger partial charge in [-0.15, -0.1) is 11.8 Å². The fourth-order valence-electron chi connectivity index (χ4n) is 5.19. The Bertz CT molecular complexity index is 1000. The van der Waals surface area contributed by atoms with Crippen molar-refractivity contribution in [1.29, 1.82) is 0 Å². The number of rotatable bonds is 3. The molecule has 2 amide bonds. The lowest BCUT2D eigenvalue weighted by Crippen LogP contribution is -2.55. The van der Waals surface area contributed by atoms with E-state index in [0.29, 0.717) is 23.7 Å². The number of hydrogen-bond acceptors (Lipinski definition) is 4. The maximum absolute atomic E-state index is 13.9. The van der Waals surface area contributed by atoms with E-state index in [0.717, 1.165) is 22.9 Å². The molecule has 3 unspecified atom stereocenters. The number of benzene rings is 2. The van der Waals surface area contributed by atoms with Crippen molar-refractivity contribution in [2.45, 2.75) is 24.9 Å². The zero-order valence-corrected chi connectivity index (χ0v) is 17.7. The first kappa shape index (κ1) is 19.0. The molecular weight excluding hydrogens is 406 g/mol. The molecule has 0 saturated carbocycles. The lowest BCUT2D eigenvalue weighted by molar-refractivity contribution is -0.136. The first-order chi connectivity index (χ1) is 14.1. The molecule has 5 rings (SSSR count). The number of anilines is 2. The second kappa shape index (κ2) is 7.04. The summed E-state index contributed by atoms with van der Waals surface area (Å²) in [5.41, 5.74) is 1.62. The van der Waals surface area contributed by atoms with E-state index >= 15 is 0 Å². The largest absolute Gasteiger partial charge is 0.326 e. The van der Waals surface area contributed by atoms with Crippen molar-refractivity contribution in [3.63, 3.8) is 0 Å². The maximum Gasteiger partial charge on any atom is 0.253 e. The van der Waals surface area contributed by atoms with Crippen LogP contribution in [0.25, 0.3) is 0 Å². The van der Waals surface area contributed by atoms with Crippen LogP contribution in [-0.2, 0) is 15.1 Å². The summed E-state index contributed by atoms with van der Waals surface area (Å²) in [6.45, 7) is 2.58. The third-order valence-electron chi connectivity index (χ3n) is 6.35. The number of nitrogens with one attached hydrogen (secondary N) is 1. The van der Waals surface area contributed by atoms with Gasteiger partial charge in [0.2, 0.25) is 5.91 Å². The van der Waals surface area contributed by atoms with Gasteiger partial charge >= 0.3 is 0 Å². The Hall–Kier alpha value is -2.02. The van der Waals surface area contributed by atoms with Crippen LogP contribution in [-0.4, -0.2) is 40.9 Å². The maximum atomic E-state index is 13.9. The van der Waals surface area contributed by atoms with Crippen LogP contribution in [0, 0.1) is 5.92 Å². The summed E-state index contributed by atoms with van der Waals surface area (Å²) in [4.78, 5) is 31.5. The van der Waals surface area contributed by atoms with Crippen molar-refractivity contribution in [3.8, 4) is 0 Å². The quantitative estimate of drug-likeness (QED) is 0.806. The van der Waals surface area contributed by atoms with Gasteiger partial charge in [0.1, 0.15) is 5.54 Å². The van der Waals surface area contributed by atoms with Gasteiger partial charge in [0.05, 0.1) is 5.92 Å². The Balaban J connectivity index is 1.61. The van der Waals surface area contributed by atoms with E-state index in [1.807, 2.05) is 60.0 Å². The Morgan fingerprint density at radius 2 is 2.10 bits per heavy atom. The van der Waals surface area contributed by atoms with E-state index in [4.69, 9.17) is 11.6 Å². The summed E-state index contributed by atoms with van der Waals surface area (Å²) in [7, 11) is 0. The number of amides is 2. The van der Waals surface area contributed by atoms with Gasteiger partial charge < -0.3 is 10.2 Å². The van der Waals surface area contributed by atoms with Crippen LogP contribution in [0.1, 0.15) is 18.9 Å². The number of thioether (sulfide) groups is 1. The Labute approximate surface area is 179 Å².